The van der Waals surface area contributed by atoms with Gasteiger partial charge in [0.1, 0.15) is 17.1 Å². The molecule has 4 aliphatic rings. The van der Waals surface area contributed by atoms with Gasteiger partial charge in [0.2, 0.25) is 11.5 Å². The number of anilines is 2. The fourth-order valence-electron chi connectivity index (χ4n) is 5.39. The molecule has 0 bridgehead atoms. The highest BCUT2D eigenvalue weighted by atomic mass is 16.5. The van der Waals surface area contributed by atoms with E-state index in [9.17, 15) is 24.0 Å². The van der Waals surface area contributed by atoms with Crippen LogP contribution >= 0.6 is 0 Å². The zero-order valence-electron chi connectivity index (χ0n) is 21.9. The standard InChI is InChI=1S/C26H25N9O6/c1-41-16-3-2-15-12-35(19(36)17(15)10-16)13-26(21(38)31-24(40)33-26)5-4-14-11-28-22(29-18(14)27)34-8-6-25(7-9-34)20(37)30-23(39)32-25/h2-3,10-11H,6-9,12-13H2,1H3,(H2,27,28,29)(H2,30,32,37,39)(H2,31,33,38,40). The summed E-state index contributed by atoms with van der Waals surface area (Å²) in [6.07, 6.45) is 2.15. The molecule has 15 heteroatoms. The number of amides is 7. The summed E-state index contributed by atoms with van der Waals surface area (Å²) < 4.78 is 5.21. The molecule has 3 saturated heterocycles. The maximum Gasteiger partial charge on any atom is 0.323 e. The predicted molar refractivity (Wildman–Crippen MR) is 141 cm³/mol. The third-order valence-electron chi connectivity index (χ3n) is 7.70. The van der Waals surface area contributed by atoms with Crippen LogP contribution in [0.1, 0.15) is 34.3 Å². The van der Waals surface area contributed by atoms with E-state index in [1.54, 1.807) is 18.2 Å². The number of ether oxygens (including phenoxy) is 1. The summed E-state index contributed by atoms with van der Waals surface area (Å²) in [6.45, 7) is 0.844. The lowest BCUT2D eigenvalue weighted by Gasteiger charge is -2.36. The summed E-state index contributed by atoms with van der Waals surface area (Å²) in [4.78, 5) is 73.9. The molecule has 1 atom stereocenters. The Balaban J connectivity index is 1.20. The molecule has 0 aliphatic carbocycles. The average Bonchev–Trinajstić information content (AvgIpc) is 3.52. The van der Waals surface area contributed by atoms with Crippen LogP contribution in [0.5, 0.6) is 5.75 Å². The highest BCUT2D eigenvalue weighted by Gasteiger charge is 2.49. The molecule has 1 aromatic heterocycles. The molecular formula is C26H25N9O6. The van der Waals surface area contributed by atoms with Gasteiger partial charge in [-0.25, -0.2) is 14.6 Å². The first kappa shape index (κ1) is 25.9. The van der Waals surface area contributed by atoms with Crippen LogP contribution in [0.3, 0.4) is 0 Å². The monoisotopic (exact) mass is 559 g/mol. The molecule has 7 amide bonds. The van der Waals surface area contributed by atoms with Crippen molar-refractivity contribution < 1.29 is 28.7 Å². The quantitative estimate of drug-likeness (QED) is 0.225. The van der Waals surface area contributed by atoms with Gasteiger partial charge >= 0.3 is 12.1 Å². The topological polar surface area (TPSA) is 201 Å². The predicted octanol–water partition coefficient (Wildman–Crippen LogP) is -1.17. The SMILES string of the molecule is COc1ccc2c(c1)C(=O)N(CC1(C#Cc3cnc(N4CCC5(CC4)NC(=O)NC5=O)nc3N)NC(=O)NC1=O)C2. The van der Waals surface area contributed by atoms with Crippen molar-refractivity contribution in [3.05, 3.63) is 41.1 Å². The van der Waals surface area contributed by atoms with E-state index in [1.807, 2.05) is 4.90 Å². The zero-order chi connectivity index (χ0) is 28.9. The summed E-state index contributed by atoms with van der Waals surface area (Å²) >= 11 is 0. The fraction of sp³-hybridized carbons (Fsp3) is 0.346. The normalized spacial score (nSPS) is 22.5. The van der Waals surface area contributed by atoms with Gasteiger partial charge in [0, 0.05) is 25.2 Å². The minimum Gasteiger partial charge on any atom is -0.497 e. The highest BCUT2D eigenvalue weighted by molar-refractivity contribution is 6.10. The largest absolute Gasteiger partial charge is 0.497 e. The minimum atomic E-state index is -1.72. The van der Waals surface area contributed by atoms with Gasteiger partial charge in [0.05, 0.1) is 25.4 Å². The molecule has 3 fully saturated rings. The van der Waals surface area contributed by atoms with Crippen molar-refractivity contribution in [3.63, 3.8) is 0 Å². The van der Waals surface area contributed by atoms with Crippen LogP contribution in [-0.2, 0) is 16.1 Å². The Morgan fingerprint density at radius 2 is 1.78 bits per heavy atom. The number of rotatable bonds is 4. The van der Waals surface area contributed by atoms with Crippen LogP contribution in [0.4, 0.5) is 21.4 Å². The van der Waals surface area contributed by atoms with Crippen molar-refractivity contribution in [2.45, 2.75) is 30.5 Å². The van der Waals surface area contributed by atoms with Crippen LogP contribution in [0.15, 0.2) is 24.4 Å². The van der Waals surface area contributed by atoms with Crippen LogP contribution in [0.25, 0.3) is 0 Å². The number of nitrogens with zero attached hydrogens (tertiary/aromatic N) is 4. The number of hydrogen-bond acceptors (Lipinski definition) is 10. The van der Waals surface area contributed by atoms with E-state index in [2.05, 4.69) is 43.1 Å². The van der Waals surface area contributed by atoms with Gasteiger partial charge < -0.3 is 30.9 Å². The number of nitrogens with one attached hydrogen (secondary N) is 4. The molecule has 4 aliphatic heterocycles. The molecule has 1 spiro atoms. The number of carbonyl (C=O) groups is 5. The summed E-state index contributed by atoms with van der Waals surface area (Å²) in [5, 5.41) is 9.72. The molecule has 6 rings (SSSR count). The number of carbonyl (C=O) groups excluding carboxylic acids is 5. The van der Waals surface area contributed by atoms with Gasteiger partial charge in [-0.2, -0.15) is 4.98 Å². The number of urea groups is 2. The fourth-order valence-corrected chi connectivity index (χ4v) is 5.39. The van der Waals surface area contributed by atoms with Crippen molar-refractivity contribution >= 4 is 41.5 Å². The molecule has 1 aromatic carbocycles. The molecule has 1 unspecified atom stereocenters. The van der Waals surface area contributed by atoms with E-state index in [4.69, 9.17) is 10.5 Å². The Bertz CT molecular complexity index is 1590. The molecule has 2 aromatic rings. The van der Waals surface area contributed by atoms with Crippen molar-refractivity contribution in [1.29, 1.82) is 0 Å². The van der Waals surface area contributed by atoms with Gasteiger partial charge in [-0.1, -0.05) is 17.9 Å². The van der Waals surface area contributed by atoms with Crippen molar-refractivity contribution in [3.8, 4) is 17.6 Å². The van der Waals surface area contributed by atoms with E-state index in [0.29, 0.717) is 43.2 Å². The lowest BCUT2D eigenvalue weighted by Crippen LogP contribution is -2.55. The van der Waals surface area contributed by atoms with Crippen molar-refractivity contribution in [2.75, 3.05) is 37.4 Å². The smallest absolute Gasteiger partial charge is 0.323 e. The third-order valence-corrected chi connectivity index (χ3v) is 7.70. The molecule has 6 N–H and O–H groups in total. The van der Waals surface area contributed by atoms with Crippen molar-refractivity contribution in [2.24, 2.45) is 0 Å². The van der Waals surface area contributed by atoms with E-state index in [-0.39, 0.29) is 36.3 Å². The number of aromatic nitrogens is 2. The van der Waals surface area contributed by atoms with Crippen LogP contribution < -0.4 is 36.6 Å². The zero-order valence-corrected chi connectivity index (χ0v) is 21.9. The highest BCUT2D eigenvalue weighted by Crippen LogP contribution is 2.30. The van der Waals surface area contributed by atoms with E-state index < -0.39 is 29.0 Å². The van der Waals surface area contributed by atoms with Crippen LogP contribution in [0, 0.1) is 11.8 Å². The summed E-state index contributed by atoms with van der Waals surface area (Å²) in [5.74, 6) is 5.14. The molecular weight excluding hydrogens is 534 g/mol. The molecule has 41 heavy (non-hydrogen) atoms. The maximum absolute atomic E-state index is 13.1. The third kappa shape index (κ3) is 4.39. The Hall–Kier alpha value is -5.39. The van der Waals surface area contributed by atoms with E-state index in [0.717, 1.165) is 5.56 Å². The number of imide groups is 2. The summed E-state index contributed by atoms with van der Waals surface area (Å²) in [5.41, 5.74) is 4.95. The molecule has 0 saturated carbocycles. The number of hydrogen-bond donors (Lipinski definition) is 5. The summed E-state index contributed by atoms with van der Waals surface area (Å²) in [6, 6.07) is 3.91. The van der Waals surface area contributed by atoms with E-state index >= 15 is 0 Å². The first-order chi connectivity index (χ1) is 19.6. The van der Waals surface area contributed by atoms with Gasteiger partial charge in [-0.15, -0.1) is 0 Å². The number of benzene rings is 1. The molecule has 5 heterocycles. The second-order valence-corrected chi connectivity index (χ2v) is 10.2. The number of methoxy groups -OCH3 is 1. The summed E-state index contributed by atoms with van der Waals surface area (Å²) in [7, 11) is 1.50. The number of piperidine rings is 1. The first-order valence-electron chi connectivity index (χ1n) is 12.8. The molecule has 210 valence electrons. The Morgan fingerprint density at radius 1 is 1.05 bits per heavy atom. The van der Waals surface area contributed by atoms with Gasteiger partial charge in [0.15, 0.2) is 0 Å². The lowest BCUT2D eigenvalue weighted by molar-refractivity contribution is -0.124. The minimum absolute atomic E-state index is 0.0475. The number of fused-ring (bicyclic) bond motifs is 1. The van der Waals surface area contributed by atoms with Gasteiger partial charge in [-0.3, -0.25) is 25.0 Å². The maximum atomic E-state index is 13.1. The first-order valence-corrected chi connectivity index (χ1v) is 12.8. The average molecular weight is 560 g/mol. The number of nitrogens with two attached hydrogens (primary N) is 1. The number of nitrogen functional groups attached to an aromatic ring is 1. The van der Waals surface area contributed by atoms with Gasteiger partial charge in [0.25, 0.3) is 17.7 Å². The Morgan fingerprint density at radius 3 is 2.41 bits per heavy atom. The Labute approximate surface area is 233 Å². The van der Waals surface area contributed by atoms with Crippen LogP contribution in [0.2, 0.25) is 0 Å². The lowest BCUT2D eigenvalue weighted by atomic mass is 9.88. The second kappa shape index (κ2) is 9.37. The van der Waals surface area contributed by atoms with Crippen molar-refractivity contribution in [1.82, 2.24) is 36.1 Å². The Kier molecular flexibility index (Phi) is 5.91. The molecule has 15 nitrogen and oxygen atoms in total. The second-order valence-electron chi connectivity index (χ2n) is 10.2. The van der Waals surface area contributed by atoms with Gasteiger partial charge in [-0.05, 0) is 30.5 Å². The van der Waals surface area contributed by atoms with Crippen LogP contribution in [-0.4, -0.2) is 82.5 Å². The van der Waals surface area contributed by atoms with E-state index in [1.165, 1.54) is 18.2 Å². The molecule has 0 radical (unpaired) electrons.